The molecule has 8 heteroatoms. The van der Waals surface area contributed by atoms with E-state index in [1.807, 2.05) is 0 Å². The van der Waals surface area contributed by atoms with Crippen molar-refractivity contribution in [2.75, 3.05) is 19.6 Å². The Balaban J connectivity index is 1.57. The number of hydrogen-bond acceptors (Lipinski definition) is 5. The second-order valence-electron chi connectivity index (χ2n) is 4.91. The normalized spacial score (nSPS) is 23.6. The van der Waals surface area contributed by atoms with E-state index in [9.17, 15) is 9.59 Å². The minimum Gasteiger partial charge on any atom is -0.354 e. The minimum absolute atomic E-state index is 0.0271. The van der Waals surface area contributed by atoms with Crippen molar-refractivity contribution in [1.82, 2.24) is 30.9 Å². The van der Waals surface area contributed by atoms with E-state index >= 15 is 0 Å². The molecule has 0 saturated carbocycles. The first-order valence-electron chi connectivity index (χ1n) is 6.42. The van der Waals surface area contributed by atoms with Crippen molar-refractivity contribution in [2.24, 2.45) is 0 Å². The Morgan fingerprint density at radius 2 is 2.26 bits per heavy atom. The summed E-state index contributed by atoms with van der Waals surface area (Å²) in [6.45, 7) is 2.20. The molecule has 1 aromatic rings. The van der Waals surface area contributed by atoms with Crippen LogP contribution in [0.4, 0.5) is 0 Å². The van der Waals surface area contributed by atoms with E-state index in [1.54, 1.807) is 10.9 Å². The summed E-state index contributed by atoms with van der Waals surface area (Å²) in [5.41, 5.74) is 0.323. The van der Waals surface area contributed by atoms with E-state index in [2.05, 4.69) is 26.3 Å². The average Bonchev–Trinajstić information content (AvgIpc) is 2.79. The molecule has 3 N–H and O–H groups in total. The highest BCUT2D eigenvalue weighted by molar-refractivity contribution is 5.92. The number of aromatic nitrogens is 3. The Morgan fingerprint density at radius 1 is 1.42 bits per heavy atom. The first kappa shape index (κ1) is 12.1. The molecule has 1 aromatic heterocycles. The summed E-state index contributed by atoms with van der Waals surface area (Å²) in [5, 5.41) is 16.6. The zero-order valence-electron chi connectivity index (χ0n) is 10.4. The van der Waals surface area contributed by atoms with E-state index in [0.717, 1.165) is 13.1 Å². The molecule has 0 radical (unpaired) electrons. The lowest BCUT2D eigenvalue weighted by atomic mass is 10.1. The van der Waals surface area contributed by atoms with Gasteiger partial charge in [0.1, 0.15) is 0 Å². The molecular weight excluding hydrogens is 248 g/mol. The summed E-state index contributed by atoms with van der Waals surface area (Å²) < 4.78 is 1.72. The van der Waals surface area contributed by atoms with Gasteiger partial charge in [0.05, 0.1) is 12.2 Å². The Kier molecular flexibility index (Phi) is 3.16. The molecule has 2 aliphatic heterocycles. The maximum atomic E-state index is 12.0. The monoisotopic (exact) mass is 264 g/mol. The van der Waals surface area contributed by atoms with Gasteiger partial charge in [-0.2, -0.15) is 0 Å². The second kappa shape index (κ2) is 4.96. The highest BCUT2D eigenvalue weighted by Crippen LogP contribution is 2.10. The van der Waals surface area contributed by atoms with Crippen molar-refractivity contribution in [3.05, 3.63) is 11.9 Å². The molecule has 2 fully saturated rings. The number of piperidine rings is 1. The van der Waals surface area contributed by atoms with Gasteiger partial charge in [0.15, 0.2) is 5.69 Å². The molecule has 0 spiro atoms. The SMILES string of the molecule is O=C1CCC(NC(=O)c2cn(C3CNC3)nn2)CN1. The number of carbonyl (C=O) groups excluding carboxylic acids is 2. The number of nitrogens with one attached hydrogen (secondary N) is 3. The molecule has 8 nitrogen and oxygen atoms in total. The topological polar surface area (TPSA) is 101 Å². The molecule has 2 saturated heterocycles. The van der Waals surface area contributed by atoms with E-state index in [4.69, 9.17) is 0 Å². The third-order valence-corrected chi connectivity index (χ3v) is 3.48. The molecule has 0 aromatic carbocycles. The Bertz CT molecular complexity index is 485. The summed E-state index contributed by atoms with van der Waals surface area (Å²) >= 11 is 0. The van der Waals surface area contributed by atoms with E-state index < -0.39 is 0 Å². The van der Waals surface area contributed by atoms with Crippen molar-refractivity contribution in [1.29, 1.82) is 0 Å². The zero-order chi connectivity index (χ0) is 13.2. The van der Waals surface area contributed by atoms with Crippen LogP contribution in [0.1, 0.15) is 29.4 Å². The van der Waals surface area contributed by atoms with Crippen molar-refractivity contribution >= 4 is 11.8 Å². The lowest BCUT2D eigenvalue weighted by molar-refractivity contribution is -0.122. The zero-order valence-corrected chi connectivity index (χ0v) is 10.4. The van der Waals surface area contributed by atoms with Crippen LogP contribution in [0.5, 0.6) is 0 Å². The summed E-state index contributed by atoms with van der Waals surface area (Å²) in [5.74, 6) is -0.200. The van der Waals surface area contributed by atoms with E-state index in [1.165, 1.54) is 0 Å². The van der Waals surface area contributed by atoms with Crippen molar-refractivity contribution < 1.29 is 9.59 Å². The van der Waals surface area contributed by atoms with Gasteiger partial charge in [-0.3, -0.25) is 9.59 Å². The van der Waals surface area contributed by atoms with Gasteiger partial charge >= 0.3 is 0 Å². The Morgan fingerprint density at radius 3 is 2.89 bits per heavy atom. The summed E-state index contributed by atoms with van der Waals surface area (Å²) in [7, 11) is 0. The maximum absolute atomic E-state index is 12.0. The average molecular weight is 264 g/mol. The number of nitrogens with zero attached hydrogens (tertiary/aromatic N) is 3. The van der Waals surface area contributed by atoms with Gasteiger partial charge in [-0.25, -0.2) is 4.68 Å². The van der Waals surface area contributed by atoms with Gasteiger partial charge in [-0.05, 0) is 6.42 Å². The largest absolute Gasteiger partial charge is 0.354 e. The molecule has 0 bridgehead atoms. The fraction of sp³-hybridized carbons (Fsp3) is 0.636. The highest BCUT2D eigenvalue weighted by Gasteiger charge is 2.24. The van der Waals surface area contributed by atoms with Crippen molar-refractivity contribution in [2.45, 2.75) is 24.9 Å². The Hall–Kier alpha value is -1.96. The first-order valence-corrected chi connectivity index (χ1v) is 6.42. The lowest BCUT2D eigenvalue weighted by Gasteiger charge is -2.26. The fourth-order valence-corrected chi connectivity index (χ4v) is 2.14. The quantitative estimate of drug-likeness (QED) is 0.612. The predicted molar refractivity (Wildman–Crippen MR) is 65.4 cm³/mol. The third-order valence-electron chi connectivity index (χ3n) is 3.48. The van der Waals surface area contributed by atoms with Crippen LogP contribution in [0.3, 0.4) is 0 Å². The van der Waals surface area contributed by atoms with Crippen molar-refractivity contribution in [3.8, 4) is 0 Å². The van der Waals surface area contributed by atoms with Crippen LogP contribution in [0.15, 0.2) is 6.20 Å². The fourth-order valence-electron chi connectivity index (χ4n) is 2.14. The maximum Gasteiger partial charge on any atom is 0.273 e. The molecule has 1 atom stereocenters. The summed E-state index contributed by atoms with van der Waals surface area (Å²) in [6.07, 6.45) is 2.78. The molecule has 1 unspecified atom stereocenters. The van der Waals surface area contributed by atoms with Gasteiger partial charge in [0, 0.05) is 32.1 Å². The molecule has 19 heavy (non-hydrogen) atoms. The van der Waals surface area contributed by atoms with Gasteiger partial charge in [0.25, 0.3) is 5.91 Å². The number of amides is 2. The standard InChI is InChI=1S/C11H16N6O2/c18-10-2-1-7(3-13-10)14-11(19)9-6-17(16-15-9)8-4-12-5-8/h6-8,12H,1-5H2,(H,13,18)(H,14,19). The van der Waals surface area contributed by atoms with Gasteiger partial charge in [0.2, 0.25) is 5.91 Å². The number of carbonyl (C=O) groups is 2. The molecule has 2 aliphatic rings. The van der Waals surface area contributed by atoms with E-state index in [-0.39, 0.29) is 17.9 Å². The first-order chi connectivity index (χ1) is 9.22. The van der Waals surface area contributed by atoms with Gasteiger partial charge in [-0.1, -0.05) is 5.21 Å². The molecule has 102 valence electrons. The van der Waals surface area contributed by atoms with Crippen LogP contribution in [0, 0.1) is 0 Å². The highest BCUT2D eigenvalue weighted by atomic mass is 16.2. The van der Waals surface area contributed by atoms with Crippen LogP contribution in [0.25, 0.3) is 0 Å². The molecule has 2 amide bonds. The molecular formula is C11H16N6O2. The second-order valence-corrected chi connectivity index (χ2v) is 4.91. The summed E-state index contributed by atoms with van der Waals surface area (Å²) in [6, 6.07) is 0.267. The van der Waals surface area contributed by atoms with Crippen molar-refractivity contribution in [3.63, 3.8) is 0 Å². The van der Waals surface area contributed by atoms with Crippen LogP contribution in [-0.4, -0.2) is 52.5 Å². The molecule has 3 rings (SSSR count). The van der Waals surface area contributed by atoms with E-state index in [0.29, 0.717) is 31.1 Å². The van der Waals surface area contributed by atoms with Crippen LogP contribution in [0.2, 0.25) is 0 Å². The smallest absolute Gasteiger partial charge is 0.273 e. The third kappa shape index (κ3) is 2.58. The van der Waals surface area contributed by atoms with Gasteiger partial charge in [-0.15, -0.1) is 5.10 Å². The molecule has 0 aliphatic carbocycles. The minimum atomic E-state index is -0.236. The lowest BCUT2D eigenvalue weighted by Crippen LogP contribution is -2.47. The van der Waals surface area contributed by atoms with Crippen LogP contribution in [-0.2, 0) is 4.79 Å². The summed E-state index contributed by atoms with van der Waals surface area (Å²) in [4.78, 5) is 23.0. The van der Waals surface area contributed by atoms with Crippen LogP contribution >= 0.6 is 0 Å². The van der Waals surface area contributed by atoms with Gasteiger partial charge < -0.3 is 16.0 Å². The molecule has 3 heterocycles. The van der Waals surface area contributed by atoms with Crippen LogP contribution < -0.4 is 16.0 Å². The Labute approximate surface area is 109 Å². The predicted octanol–water partition coefficient (Wildman–Crippen LogP) is -1.57. The number of rotatable bonds is 3. The number of hydrogen-bond donors (Lipinski definition) is 3.